The van der Waals surface area contributed by atoms with Gasteiger partial charge in [-0.25, -0.2) is 0 Å². The van der Waals surface area contributed by atoms with Crippen LogP contribution >= 0.6 is 15.9 Å². The summed E-state index contributed by atoms with van der Waals surface area (Å²) < 4.78 is 1.02. The Hall–Kier alpha value is -0.870. The minimum atomic E-state index is 0.266. The van der Waals surface area contributed by atoms with E-state index in [9.17, 15) is 4.79 Å². The van der Waals surface area contributed by atoms with Crippen molar-refractivity contribution in [1.82, 2.24) is 5.32 Å². The van der Waals surface area contributed by atoms with Gasteiger partial charge in [0.25, 0.3) is 0 Å². The quantitative estimate of drug-likeness (QED) is 0.861. The molecule has 1 aromatic carbocycles. The van der Waals surface area contributed by atoms with Crippen molar-refractivity contribution < 1.29 is 4.79 Å². The van der Waals surface area contributed by atoms with Crippen LogP contribution < -0.4 is 10.2 Å². The second kappa shape index (κ2) is 4.42. The molecule has 1 aromatic rings. The van der Waals surface area contributed by atoms with Gasteiger partial charge in [0, 0.05) is 23.1 Å². The number of amides is 1. The molecule has 0 aromatic heterocycles. The molecule has 0 bridgehead atoms. The zero-order valence-corrected chi connectivity index (χ0v) is 11.1. The first-order valence-electron chi connectivity index (χ1n) is 6.04. The molecular formula is C13H15BrN2O. The molecule has 2 heterocycles. The molecule has 0 aliphatic carbocycles. The van der Waals surface area contributed by atoms with E-state index >= 15 is 0 Å². The van der Waals surface area contributed by atoms with E-state index in [1.54, 1.807) is 0 Å². The molecule has 4 heteroatoms. The fourth-order valence-electron chi connectivity index (χ4n) is 2.91. The number of fused-ring (bicyclic) bond motifs is 1. The predicted octanol–water partition coefficient (Wildman–Crippen LogP) is 2.16. The van der Waals surface area contributed by atoms with Gasteiger partial charge in [0.15, 0.2) is 0 Å². The number of hydrogen-bond donors (Lipinski definition) is 1. The minimum Gasteiger partial charge on any atom is -0.315 e. The molecular weight excluding hydrogens is 280 g/mol. The van der Waals surface area contributed by atoms with Gasteiger partial charge >= 0.3 is 0 Å². The van der Waals surface area contributed by atoms with Crippen LogP contribution in [0.3, 0.4) is 0 Å². The topological polar surface area (TPSA) is 32.3 Å². The summed E-state index contributed by atoms with van der Waals surface area (Å²) in [5.74, 6) is 0.796. The van der Waals surface area contributed by atoms with Crippen LogP contribution in [0.1, 0.15) is 12.8 Å². The molecule has 2 saturated heterocycles. The molecule has 2 aliphatic heterocycles. The van der Waals surface area contributed by atoms with Gasteiger partial charge in [0.2, 0.25) is 5.91 Å². The van der Waals surface area contributed by atoms with Crippen LogP contribution in [0.5, 0.6) is 0 Å². The summed E-state index contributed by atoms with van der Waals surface area (Å²) in [5, 5.41) is 3.39. The molecule has 2 unspecified atom stereocenters. The van der Waals surface area contributed by atoms with E-state index in [0.717, 1.165) is 29.7 Å². The van der Waals surface area contributed by atoms with Gasteiger partial charge in [0.1, 0.15) is 0 Å². The van der Waals surface area contributed by atoms with Gasteiger partial charge < -0.3 is 10.2 Å². The van der Waals surface area contributed by atoms with Crippen LogP contribution in [0.25, 0.3) is 0 Å². The van der Waals surface area contributed by atoms with Crippen LogP contribution in [0.2, 0.25) is 0 Å². The average molecular weight is 295 g/mol. The maximum atomic E-state index is 12.1. The van der Waals surface area contributed by atoms with Gasteiger partial charge in [0.05, 0.1) is 6.04 Å². The summed E-state index contributed by atoms with van der Waals surface area (Å²) in [4.78, 5) is 14.1. The first-order valence-corrected chi connectivity index (χ1v) is 6.83. The van der Waals surface area contributed by atoms with Crippen LogP contribution in [-0.2, 0) is 4.79 Å². The maximum Gasteiger partial charge on any atom is 0.227 e. The first kappa shape index (κ1) is 11.2. The largest absolute Gasteiger partial charge is 0.315 e. The molecule has 3 rings (SSSR count). The molecule has 0 spiro atoms. The zero-order valence-electron chi connectivity index (χ0n) is 9.53. The Balaban J connectivity index is 1.93. The fourth-order valence-corrected chi connectivity index (χ4v) is 3.29. The Bertz CT molecular complexity index is 449. The number of rotatable bonds is 1. The van der Waals surface area contributed by atoms with Gasteiger partial charge in [-0.2, -0.15) is 0 Å². The van der Waals surface area contributed by atoms with Crippen molar-refractivity contribution >= 4 is 27.5 Å². The predicted molar refractivity (Wildman–Crippen MR) is 71.0 cm³/mol. The van der Waals surface area contributed by atoms with Crippen LogP contribution in [0.4, 0.5) is 5.69 Å². The molecule has 17 heavy (non-hydrogen) atoms. The van der Waals surface area contributed by atoms with Crippen molar-refractivity contribution in [1.29, 1.82) is 0 Å². The molecule has 1 N–H and O–H groups in total. The van der Waals surface area contributed by atoms with Crippen molar-refractivity contribution in [2.45, 2.75) is 18.9 Å². The summed E-state index contributed by atoms with van der Waals surface area (Å²) in [5.41, 5.74) is 1.01. The van der Waals surface area contributed by atoms with Crippen LogP contribution in [0, 0.1) is 5.92 Å². The van der Waals surface area contributed by atoms with Crippen molar-refractivity contribution in [2.24, 2.45) is 5.92 Å². The highest BCUT2D eigenvalue weighted by Crippen LogP contribution is 2.34. The van der Waals surface area contributed by atoms with E-state index < -0.39 is 0 Å². The Labute approximate surface area is 109 Å². The lowest BCUT2D eigenvalue weighted by molar-refractivity contribution is -0.117. The smallest absolute Gasteiger partial charge is 0.227 e. The molecule has 3 nitrogen and oxygen atoms in total. The Kier molecular flexibility index (Phi) is 2.92. The molecule has 1 amide bonds. The highest BCUT2D eigenvalue weighted by atomic mass is 79.9. The Morgan fingerprint density at radius 3 is 3.12 bits per heavy atom. The van der Waals surface area contributed by atoms with Crippen molar-refractivity contribution in [3.63, 3.8) is 0 Å². The molecule has 0 radical (unpaired) electrons. The third-order valence-corrected chi connectivity index (χ3v) is 4.21. The van der Waals surface area contributed by atoms with Crippen molar-refractivity contribution in [3.05, 3.63) is 28.7 Å². The minimum absolute atomic E-state index is 0.266. The molecule has 2 atom stereocenters. The lowest BCUT2D eigenvalue weighted by atomic mass is 9.93. The highest BCUT2D eigenvalue weighted by molar-refractivity contribution is 9.10. The molecule has 90 valence electrons. The third-order valence-electron chi connectivity index (χ3n) is 3.71. The summed E-state index contributed by atoms with van der Waals surface area (Å²) in [7, 11) is 0. The van der Waals surface area contributed by atoms with E-state index in [1.165, 1.54) is 0 Å². The Morgan fingerprint density at radius 2 is 2.29 bits per heavy atom. The highest BCUT2D eigenvalue weighted by Gasteiger charge is 2.41. The number of carbonyl (C=O) groups excluding carboxylic acids is 1. The van der Waals surface area contributed by atoms with Gasteiger partial charge in [-0.1, -0.05) is 22.0 Å². The third kappa shape index (κ3) is 2.00. The summed E-state index contributed by atoms with van der Waals surface area (Å²) >= 11 is 3.46. The number of nitrogens with zero attached hydrogens (tertiary/aromatic N) is 1. The van der Waals surface area contributed by atoms with E-state index in [-0.39, 0.29) is 5.91 Å². The number of anilines is 1. The van der Waals surface area contributed by atoms with E-state index in [2.05, 4.69) is 21.2 Å². The maximum absolute atomic E-state index is 12.1. The SMILES string of the molecule is O=C1CC2CCNCC2N1c1cccc(Br)c1. The molecule has 0 saturated carbocycles. The second-order valence-corrected chi connectivity index (χ2v) is 5.68. The summed E-state index contributed by atoms with van der Waals surface area (Å²) in [6.45, 7) is 1.96. The normalized spacial score (nSPS) is 28.3. The monoisotopic (exact) mass is 294 g/mol. The zero-order chi connectivity index (χ0) is 11.8. The number of benzene rings is 1. The van der Waals surface area contributed by atoms with Crippen molar-refractivity contribution in [3.8, 4) is 0 Å². The van der Waals surface area contributed by atoms with Crippen LogP contribution in [0.15, 0.2) is 28.7 Å². The fraction of sp³-hybridized carbons (Fsp3) is 0.462. The number of carbonyl (C=O) groups is 1. The van der Waals surface area contributed by atoms with E-state index in [1.807, 2.05) is 29.2 Å². The standard InChI is InChI=1S/C13H15BrN2O/c14-10-2-1-3-11(7-10)16-12-8-15-5-4-9(12)6-13(16)17/h1-3,7,9,12,15H,4-6,8H2. The number of halogens is 1. The van der Waals surface area contributed by atoms with Gasteiger partial charge in [-0.05, 0) is 37.1 Å². The van der Waals surface area contributed by atoms with E-state index in [4.69, 9.17) is 0 Å². The van der Waals surface area contributed by atoms with Crippen molar-refractivity contribution in [2.75, 3.05) is 18.0 Å². The van der Waals surface area contributed by atoms with Crippen LogP contribution in [-0.4, -0.2) is 25.0 Å². The van der Waals surface area contributed by atoms with Gasteiger partial charge in [-0.3, -0.25) is 4.79 Å². The molecule has 2 aliphatic rings. The summed E-state index contributed by atoms with van der Waals surface area (Å²) in [6, 6.07) is 8.34. The molecule has 2 fully saturated rings. The lowest BCUT2D eigenvalue weighted by Crippen LogP contribution is -2.46. The number of nitrogens with one attached hydrogen (secondary N) is 1. The summed E-state index contributed by atoms with van der Waals surface area (Å²) in [6.07, 6.45) is 1.82. The Morgan fingerprint density at radius 1 is 1.41 bits per heavy atom. The van der Waals surface area contributed by atoms with E-state index in [0.29, 0.717) is 18.4 Å². The first-order chi connectivity index (χ1) is 8.25. The number of piperidine rings is 1. The van der Waals surface area contributed by atoms with Gasteiger partial charge in [-0.15, -0.1) is 0 Å². The lowest BCUT2D eigenvalue weighted by Gasteiger charge is -2.32. The number of hydrogen-bond acceptors (Lipinski definition) is 2. The average Bonchev–Trinajstić information content (AvgIpc) is 2.64. The second-order valence-electron chi connectivity index (χ2n) is 4.77.